The highest BCUT2D eigenvalue weighted by Gasteiger charge is 2.16. The fourth-order valence-electron chi connectivity index (χ4n) is 1.62. The predicted molar refractivity (Wildman–Crippen MR) is 57.7 cm³/mol. The van der Waals surface area contributed by atoms with Gasteiger partial charge in [0.1, 0.15) is 17.3 Å². The van der Waals surface area contributed by atoms with Gasteiger partial charge in [0, 0.05) is 7.05 Å². The Labute approximate surface area is 92.7 Å². The lowest BCUT2D eigenvalue weighted by Gasteiger charge is -2.09. The maximum Gasteiger partial charge on any atom is 0.136 e. The Bertz CT molecular complexity index is 522. The molecule has 0 saturated carbocycles. The van der Waals surface area contributed by atoms with Gasteiger partial charge >= 0.3 is 0 Å². The number of halogens is 1. The second-order valence-corrected chi connectivity index (χ2v) is 3.49. The van der Waals surface area contributed by atoms with Crippen molar-refractivity contribution in [3.05, 3.63) is 29.7 Å². The summed E-state index contributed by atoms with van der Waals surface area (Å²) >= 11 is 0. The highest BCUT2D eigenvalue weighted by molar-refractivity contribution is 5.69. The lowest BCUT2D eigenvalue weighted by Crippen LogP contribution is -1.96. The van der Waals surface area contributed by atoms with Gasteiger partial charge in [-0.3, -0.25) is 0 Å². The average molecular weight is 221 g/mol. The van der Waals surface area contributed by atoms with Gasteiger partial charge in [0.15, 0.2) is 0 Å². The van der Waals surface area contributed by atoms with Crippen molar-refractivity contribution < 1.29 is 9.13 Å². The maximum absolute atomic E-state index is 13.8. The molecule has 5 heteroatoms. The highest BCUT2D eigenvalue weighted by atomic mass is 19.1. The summed E-state index contributed by atoms with van der Waals surface area (Å²) in [6.45, 7) is 1.86. The molecular weight excluding hydrogens is 209 g/mol. The van der Waals surface area contributed by atoms with Crippen molar-refractivity contribution in [2.24, 2.45) is 7.05 Å². The van der Waals surface area contributed by atoms with Gasteiger partial charge in [-0.2, -0.15) is 15.0 Å². The van der Waals surface area contributed by atoms with Gasteiger partial charge in [0.25, 0.3) is 0 Å². The molecule has 0 amide bonds. The summed E-state index contributed by atoms with van der Waals surface area (Å²) in [5, 5.41) is 8.00. The monoisotopic (exact) mass is 221 g/mol. The zero-order valence-corrected chi connectivity index (χ0v) is 9.36. The first-order chi connectivity index (χ1) is 7.63. The molecule has 0 unspecified atom stereocenters. The number of methoxy groups -OCH3 is 1. The molecule has 0 aliphatic heterocycles. The van der Waals surface area contributed by atoms with Crippen LogP contribution in [0, 0.1) is 12.7 Å². The first-order valence-electron chi connectivity index (χ1n) is 4.83. The molecule has 0 N–H and O–H groups in total. The number of rotatable bonds is 2. The van der Waals surface area contributed by atoms with Gasteiger partial charge < -0.3 is 4.74 Å². The van der Waals surface area contributed by atoms with E-state index in [9.17, 15) is 4.39 Å². The van der Waals surface area contributed by atoms with Crippen LogP contribution in [0.1, 0.15) is 5.56 Å². The van der Waals surface area contributed by atoms with E-state index < -0.39 is 0 Å². The fraction of sp³-hybridized carbons (Fsp3) is 0.273. The van der Waals surface area contributed by atoms with Gasteiger partial charge in [-0.25, -0.2) is 4.39 Å². The summed E-state index contributed by atoms with van der Waals surface area (Å²) in [5.41, 5.74) is 1.70. The molecule has 0 saturated heterocycles. The summed E-state index contributed by atoms with van der Waals surface area (Å²) in [6.07, 6.45) is 1.51. The average Bonchev–Trinajstić information content (AvgIpc) is 2.67. The quantitative estimate of drug-likeness (QED) is 0.778. The molecular formula is C11H12FN3O. The number of aryl methyl sites for hydroxylation is 2. The minimum Gasteiger partial charge on any atom is -0.496 e. The van der Waals surface area contributed by atoms with E-state index in [1.807, 2.05) is 6.92 Å². The number of benzene rings is 1. The summed E-state index contributed by atoms with van der Waals surface area (Å²) in [6, 6.07) is 3.08. The molecule has 0 atom stereocenters. The zero-order chi connectivity index (χ0) is 11.7. The molecule has 0 bridgehead atoms. The van der Waals surface area contributed by atoms with Gasteiger partial charge in [0.05, 0.1) is 18.9 Å². The first-order valence-corrected chi connectivity index (χ1v) is 4.83. The zero-order valence-electron chi connectivity index (χ0n) is 9.36. The van der Waals surface area contributed by atoms with E-state index in [-0.39, 0.29) is 5.82 Å². The van der Waals surface area contributed by atoms with Gasteiger partial charge in [-0.15, -0.1) is 0 Å². The second-order valence-electron chi connectivity index (χ2n) is 3.49. The second kappa shape index (κ2) is 3.92. The lowest BCUT2D eigenvalue weighted by atomic mass is 10.1. The Morgan fingerprint density at radius 1 is 1.38 bits per heavy atom. The minimum absolute atomic E-state index is 0.357. The van der Waals surface area contributed by atoms with Crippen LogP contribution in [-0.4, -0.2) is 22.1 Å². The first kappa shape index (κ1) is 10.6. The van der Waals surface area contributed by atoms with E-state index in [1.54, 1.807) is 13.1 Å². The van der Waals surface area contributed by atoms with Crippen LogP contribution in [0.3, 0.4) is 0 Å². The van der Waals surface area contributed by atoms with E-state index >= 15 is 0 Å². The number of nitrogens with zero attached hydrogens (tertiary/aromatic N) is 3. The molecule has 0 aliphatic rings. The lowest BCUT2D eigenvalue weighted by molar-refractivity contribution is 0.410. The molecule has 0 spiro atoms. The van der Waals surface area contributed by atoms with Crippen LogP contribution in [0.5, 0.6) is 5.75 Å². The van der Waals surface area contributed by atoms with Crippen molar-refractivity contribution in [1.29, 1.82) is 0 Å². The molecule has 1 heterocycles. The molecule has 1 aromatic heterocycles. The van der Waals surface area contributed by atoms with Crippen molar-refractivity contribution in [3.63, 3.8) is 0 Å². The third-order valence-electron chi connectivity index (χ3n) is 2.36. The van der Waals surface area contributed by atoms with Crippen LogP contribution in [0.15, 0.2) is 18.3 Å². The number of aromatic nitrogens is 3. The van der Waals surface area contributed by atoms with Crippen LogP contribution < -0.4 is 4.74 Å². The molecule has 84 valence electrons. The van der Waals surface area contributed by atoms with E-state index in [0.717, 1.165) is 5.56 Å². The highest BCUT2D eigenvalue weighted by Crippen LogP contribution is 2.33. The molecule has 0 radical (unpaired) electrons. The van der Waals surface area contributed by atoms with Crippen molar-refractivity contribution >= 4 is 0 Å². The van der Waals surface area contributed by atoms with E-state index in [0.29, 0.717) is 17.0 Å². The summed E-state index contributed by atoms with van der Waals surface area (Å²) in [7, 11) is 3.20. The Hall–Kier alpha value is -1.91. The van der Waals surface area contributed by atoms with Crippen LogP contribution in [0.25, 0.3) is 11.3 Å². The van der Waals surface area contributed by atoms with Gasteiger partial charge in [-0.1, -0.05) is 6.07 Å². The van der Waals surface area contributed by atoms with Crippen molar-refractivity contribution in [2.45, 2.75) is 6.92 Å². The summed E-state index contributed by atoms with van der Waals surface area (Å²) in [5.74, 6) is 0.142. The molecule has 2 aromatic rings. The van der Waals surface area contributed by atoms with Crippen LogP contribution in [0.4, 0.5) is 4.39 Å². The Balaban J connectivity index is 2.67. The fourth-order valence-corrected chi connectivity index (χ4v) is 1.62. The molecule has 1 aromatic carbocycles. The Morgan fingerprint density at radius 2 is 2.12 bits per heavy atom. The number of ether oxygens (including phenoxy) is 1. The largest absolute Gasteiger partial charge is 0.496 e. The van der Waals surface area contributed by atoms with E-state index in [1.165, 1.54) is 24.2 Å². The number of hydrogen-bond donors (Lipinski definition) is 0. The van der Waals surface area contributed by atoms with Gasteiger partial charge in [0.2, 0.25) is 0 Å². The smallest absolute Gasteiger partial charge is 0.136 e. The van der Waals surface area contributed by atoms with Crippen LogP contribution >= 0.6 is 0 Å². The predicted octanol–water partition coefficient (Wildman–Crippen LogP) is 1.94. The third-order valence-corrected chi connectivity index (χ3v) is 2.36. The van der Waals surface area contributed by atoms with Gasteiger partial charge in [-0.05, 0) is 18.6 Å². The standard InChI is InChI=1S/C11H12FN3O/c1-7-4-5-8(12)10(11(7)16-3)9-6-13-15(2)14-9/h4-6H,1-3H3. The topological polar surface area (TPSA) is 39.9 Å². The Kier molecular flexibility index (Phi) is 2.60. The summed E-state index contributed by atoms with van der Waals surface area (Å²) in [4.78, 5) is 1.39. The van der Waals surface area contributed by atoms with Crippen molar-refractivity contribution in [1.82, 2.24) is 15.0 Å². The molecule has 16 heavy (non-hydrogen) atoms. The normalized spacial score (nSPS) is 10.5. The number of hydrogen-bond acceptors (Lipinski definition) is 3. The van der Waals surface area contributed by atoms with E-state index in [4.69, 9.17) is 4.74 Å². The molecule has 2 rings (SSSR count). The molecule has 0 aliphatic carbocycles. The van der Waals surface area contributed by atoms with Crippen molar-refractivity contribution in [3.8, 4) is 17.0 Å². The third kappa shape index (κ3) is 1.64. The summed E-state index contributed by atoms with van der Waals surface area (Å²) < 4.78 is 19.0. The maximum atomic E-state index is 13.8. The van der Waals surface area contributed by atoms with Crippen molar-refractivity contribution in [2.75, 3.05) is 7.11 Å². The van der Waals surface area contributed by atoms with E-state index in [2.05, 4.69) is 10.2 Å². The molecule has 0 fully saturated rings. The van der Waals surface area contributed by atoms with Crippen LogP contribution in [0.2, 0.25) is 0 Å². The Morgan fingerprint density at radius 3 is 2.69 bits per heavy atom. The minimum atomic E-state index is -0.358. The SMILES string of the molecule is COc1c(C)ccc(F)c1-c1cnn(C)n1. The molecule has 4 nitrogen and oxygen atoms in total. The van der Waals surface area contributed by atoms with Crippen LogP contribution in [-0.2, 0) is 7.05 Å².